The van der Waals surface area contributed by atoms with Crippen molar-refractivity contribution in [2.75, 3.05) is 13.1 Å². The third kappa shape index (κ3) is 4.13. The molecule has 0 bridgehead atoms. The maximum atomic E-state index is 13.3. The highest BCUT2D eigenvalue weighted by atomic mass is 16.4. The molecule has 2 amide bonds. The van der Waals surface area contributed by atoms with Gasteiger partial charge in [0.2, 0.25) is 5.91 Å². The number of aromatic nitrogens is 4. The average molecular weight is 364 g/mol. The summed E-state index contributed by atoms with van der Waals surface area (Å²) in [6.45, 7) is 3.48. The average Bonchev–Trinajstić information content (AvgIpc) is 3.38. The predicted molar refractivity (Wildman–Crippen MR) is 93.3 cm³/mol. The van der Waals surface area contributed by atoms with Crippen LogP contribution in [0.2, 0.25) is 0 Å². The van der Waals surface area contributed by atoms with Gasteiger partial charge in [0, 0.05) is 19.6 Å². The van der Waals surface area contributed by atoms with Crippen molar-refractivity contribution in [1.82, 2.24) is 30.4 Å². The van der Waals surface area contributed by atoms with Crippen LogP contribution < -0.4 is 5.32 Å². The van der Waals surface area contributed by atoms with Gasteiger partial charge in [-0.3, -0.25) is 4.79 Å². The Kier molecular flexibility index (Phi) is 6.05. The van der Waals surface area contributed by atoms with Gasteiger partial charge in [-0.05, 0) is 42.5 Å². The molecule has 144 valence electrons. The first-order valence-corrected chi connectivity index (χ1v) is 9.63. The zero-order chi connectivity index (χ0) is 18.5. The molecule has 26 heavy (non-hydrogen) atoms. The predicted octanol–water partition coefficient (Wildman–Crippen LogP) is 1.82. The molecule has 1 saturated heterocycles. The Morgan fingerprint density at radius 3 is 2.73 bits per heavy atom. The molecule has 0 unspecified atom stereocenters. The highest BCUT2D eigenvalue weighted by Gasteiger charge is 2.37. The number of tetrazole rings is 1. The van der Waals surface area contributed by atoms with Crippen LogP contribution in [-0.4, -0.2) is 55.3 Å². The second kappa shape index (κ2) is 8.46. The van der Waals surface area contributed by atoms with E-state index in [0.717, 1.165) is 37.9 Å². The fraction of sp³-hybridized carbons (Fsp3) is 0.824. The second-order valence-corrected chi connectivity index (χ2v) is 7.31. The van der Waals surface area contributed by atoms with Crippen molar-refractivity contribution in [3.8, 4) is 0 Å². The Bertz CT molecular complexity index is 628. The Morgan fingerprint density at radius 2 is 2.04 bits per heavy atom. The maximum Gasteiger partial charge on any atom is 0.404 e. The molecule has 1 saturated carbocycles. The molecule has 1 aliphatic carbocycles. The number of nitrogens with zero attached hydrogens (tertiary/aromatic N) is 5. The highest BCUT2D eigenvalue weighted by Crippen LogP contribution is 2.35. The summed E-state index contributed by atoms with van der Waals surface area (Å²) in [5.41, 5.74) is 0. The summed E-state index contributed by atoms with van der Waals surface area (Å²) in [4.78, 5) is 26.1. The van der Waals surface area contributed by atoms with Gasteiger partial charge in [0.1, 0.15) is 0 Å². The summed E-state index contributed by atoms with van der Waals surface area (Å²) in [5.74, 6) is 0.949. The Hall–Kier alpha value is -2.19. The van der Waals surface area contributed by atoms with E-state index < -0.39 is 6.09 Å². The number of nitrogens with one attached hydrogen (secondary N) is 1. The van der Waals surface area contributed by atoms with Gasteiger partial charge >= 0.3 is 6.09 Å². The lowest BCUT2D eigenvalue weighted by Crippen LogP contribution is -2.42. The van der Waals surface area contributed by atoms with Gasteiger partial charge in [0.05, 0.1) is 12.0 Å². The summed E-state index contributed by atoms with van der Waals surface area (Å²) >= 11 is 0. The van der Waals surface area contributed by atoms with Crippen LogP contribution in [0.15, 0.2) is 0 Å². The number of hydrogen-bond donors (Lipinski definition) is 2. The number of carbonyl (C=O) groups excluding carboxylic acids is 1. The maximum absolute atomic E-state index is 13.3. The summed E-state index contributed by atoms with van der Waals surface area (Å²) in [6.07, 6.45) is 6.10. The fourth-order valence-electron chi connectivity index (χ4n) is 4.34. The minimum absolute atomic E-state index is 0.0267. The molecule has 2 heterocycles. The van der Waals surface area contributed by atoms with E-state index in [1.165, 1.54) is 12.8 Å². The van der Waals surface area contributed by atoms with Crippen molar-refractivity contribution in [3.05, 3.63) is 5.82 Å². The molecule has 9 nitrogen and oxygen atoms in total. The molecule has 3 rings (SSSR count). The van der Waals surface area contributed by atoms with Gasteiger partial charge in [-0.1, -0.05) is 25.7 Å². The molecule has 0 spiro atoms. The van der Waals surface area contributed by atoms with Gasteiger partial charge in [-0.2, -0.15) is 0 Å². The smallest absolute Gasteiger partial charge is 0.404 e. The molecule has 2 aliphatic rings. The Morgan fingerprint density at radius 1 is 1.27 bits per heavy atom. The van der Waals surface area contributed by atoms with Crippen LogP contribution in [0.5, 0.6) is 0 Å². The lowest BCUT2D eigenvalue weighted by atomic mass is 9.91. The zero-order valence-electron chi connectivity index (χ0n) is 15.3. The monoisotopic (exact) mass is 364 g/mol. The summed E-state index contributed by atoms with van der Waals surface area (Å²) in [5, 5.41) is 23.3. The first kappa shape index (κ1) is 18.6. The van der Waals surface area contributed by atoms with E-state index in [9.17, 15) is 9.59 Å². The highest BCUT2D eigenvalue weighted by molar-refractivity contribution is 5.80. The van der Waals surface area contributed by atoms with Crippen molar-refractivity contribution in [1.29, 1.82) is 0 Å². The van der Waals surface area contributed by atoms with E-state index in [4.69, 9.17) is 5.11 Å². The summed E-state index contributed by atoms with van der Waals surface area (Å²) in [7, 11) is 0. The largest absolute Gasteiger partial charge is 0.465 e. The molecular weight excluding hydrogens is 336 g/mol. The van der Waals surface area contributed by atoms with Crippen LogP contribution in [0.1, 0.15) is 63.7 Å². The molecule has 2 fully saturated rings. The summed E-state index contributed by atoms with van der Waals surface area (Å²) in [6, 6.07) is -0.117. The molecule has 0 aromatic carbocycles. The Balaban J connectivity index is 1.74. The third-order valence-electron chi connectivity index (χ3n) is 5.63. The quantitative estimate of drug-likeness (QED) is 0.763. The van der Waals surface area contributed by atoms with Crippen LogP contribution >= 0.6 is 0 Å². The first-order valence-electron chi connectivity index (χ1n) is 9.63. The van der Waals surface area contributed by atoms with Gasteiger partial charge in [-0.15, -0.1) is 5.10 Å². The number of likely N-dealkylation sites (tertiary alicyclic amines) is 1. The van der Waals surface area contributed by atoms with Crippen molar-refractivity contribution in [3.63, 3.8) is 0 Å². The van der Waals surface area contributed by atoms with Crippen LogP contribution in [0.3, 0.4) is 0 Å². The van der Waals surface area contributed by atoms with Crippen molar-refractivity contribution < 1.29 is 14.7 Å². The Labute approximate surface area is 153 Å². The van der Waals surface area contributed by atoms with Crippen molar-refractivity contribution in [2.45, 2.75) is 64.5 Å². The van der Waals surface area contributed by atoms with E-state index in [0.29, 0.717) is 19.0 Å². The van der Waals surface area contributed by atoms with Gasteiger partial charge in [0.25, 0.3) is 0 Å². The van der Waals surface area contributed by atoms with E-state index in [1.54, 1.807) is 4.68 Å². The normalized spacial score (nSPS) is 21.9. The molecule has 1 aromatic heterocycles. The number of hydrogen-bond acceptors (Lipinski definition) is 5. The third-order valence-corrected chi connectivity index (χ3v) is 5.63. The SMILES string of the molecule is CCn1nnnc1[C@@H]1CCCN1C(=O)[C@@H](CNC(=O)O)CC1CCCC1. The molecule has 1 aliphatic heterocycles. The van der Waals surface area contributed by atoms with Crippen LogP contribution in [-0.2, 0) is 11.3 Å². The zero-order valence-corrected chi connectivity index (χ0v) is 15.3. The van der Waals surface area contributed by atoms with Gasteiger partial charge in [0.15, 0.2) is 5.82 Å². The molecular formula is C17H28N6O3. The van der Waals surface area contributed by atoms with E-state index in [1.807, 2.05) is 11.8 Å². The minimum atomic E-state index is -1.08. The lowest BCUT2D eigenvalue weighted by Gasteiger charge is -2.29. The van der Waals surface area contributed by atoms with Crippen LogP contribution in [0.4, 0.5) is 4.79 Å². The van der Waals surface area contributed by atoms with Crippen LogP contribution in [0.25, 0.3) is 0 Å². The molecule has 0 radical (unpaired) electrons. The number of rotatable bonds is 7. The van der Waals surface area contributed by atoms with Crippen molar-refractivity contribution >= 4 is 12.0 Å². The van der Waals surface area contributed by atoms with Gasteiger partial charge < -0.3 is 15.3 Å². The molecule has 9 heteroatoms. The molecule has 1 aromatic rings. The topological polar surface area (TPSA) is 113 Å². The summed E-state index contributed by atoms with van der Waals surface area (Å²) < 4.78 is 1.73. The van der Waals surface area contributed by atoms with E-state index in [-0.39, 0.29) is 24.4 Å². The minimum Gasteiger partial charge on any atom is -0.465 e. The second-order valence-electron chi connectivity index (χ2n) is 7.31. The lowest BCUT2D eigenvalue weighted by molar-refractivity contribution is -0.137. The first-order chi connectivity index (χ1) is 12.6. The van der Waals surface area contributed by atoms with E-state index in [2.05, 4.69) is 20.8 Å². The number of amides is 2. The van der Waals surface area contributed by atoms with E-state index >= 15 is 0 Å². The van der Waals surface area contributed by atoms with Gasteiger partial charge in [-0.25, -0.2) is 9.48 Å². The van der Waals surface area contributed by atoms with Crippen molar-refractivity contribution in [2.24, 2.45) is 11.8 Å². The number of aryl methyl sites for hydroxylation is 1. The standard InChI is InChI=1S/C17H28N6O3/c1-2-23-15(19-20-21-23)14-8-5-9-22(14)16(24)13(11-18-17(25)26)10-12-6-3-4-7-12/h12-14,18H,2-11H2,1H3,(H,25,26)/t13-,14+/m1/s1. The number of carboxylic acid groups (broad SMARTS) is 1. The number of carbonyl (C=O) groups is 2. The molecule has 2 N–H and O–H groups in total. The fourth-order valence-corrected chi connectivity index (χ4v) is 4.34. The molecule has 2 atom stereocenters. The van der Waals surface area contributed by atoms with Crippen LogP contribution in [0, 0.1) is 11.8 Å².